The van der Waals surface area contributed by atoms with E-state index in [4.69, 9.17) is 4.74 Å². The second-order valence-corrected chi connectivity index (χ2v) is 2.57. The summed E-state index contributed by atoms with van der Waals surface area (Å²) in [5, 5.41) is 0. The highest BCUT2D eigenvalue weighted by Crippen LogP contribution is 2.03. The van der Waals surface area contributed by atoms with Gasteiger partial charge in [-0.1, -0.05) is 13.8 Å². The van der Waals surface area contributed by atoms with Gasteiger partial charge < -0.3 is 10.9 Å². The molecule has 0 saturated heterocycles. The Hall–Kier alpha value is -0.0800. The molecule has 2 atom stereocenters. The first-order chi connectivity index (χ1) is 4.20. The van der Waals surface area contributed by atoms with Gasteiger partial charge in [0, 0.05) is 0 Å². The average Bonchev–Trinajstić information content (AvgIpc) is 1.87. The molecule has 0 aromatic carbocycles. The van der Waals surface area contributed by atoms with Crippen molar-refractivity contribution in [3.63, 3.8) is 0 Å². The van der Waals surface area contributed by atoms with Gasteiger partial charge in [-0.15, -0.1) is 0 Å². The molecule has 0 aliphatic carbocycles. The molecule has 0 bridgehead atoms. The first-order valence-electron chi connectivity index (χ1n) is 3.86. The molecule has 2 heteroatoms. The number of hydrogen-bond acceptors (Lipinski definition) is 2. The molecule has 0 fully saturated rings. The molecule has 64 valence electrons. The predicted octanol–water partition coefficient (Wildman–Crippen LogP) is 2.76. The van der Waals surface area contributed by atoms with Crippen molar-refractivity contribution in [1.82, 2.24) is 6.15 Å². The molecule has 0 aliphatic rings. The van der Waals surface area contributed by atoms with Crippen molar-refractivity contribution in [1.29, 1.82) is 0 Å². The summed E-state index contributed by atoms with van der Waals surface area (Å²) in [5.41, 5.74) is 0. The van der Waals surface area contributed by atoms with Gasteiger partial charge in [0.05, 0.1) is 12.2 Å². The Morgan fingerprint density at radius 1 is 1.00 bits per heavy atom. The maximum atomic E-state index is 5.55. The van der Waals surface area contributed by atoms with Crippen molar-refractivity contribution in [3.8, 4) is 0 Å². The summed E-state index contributed by atoms with van der Waals surface area (Å²) in [6.45, 7) is 8.53. The van der Waals surface area contributed by atoms with Crippen molar-refractivity contribution in [2.75, 3.05) is 0 Å². The van der Waals surface area contributed by atoms with Crippen LogP contribution in [0, 0.1) is 0 Å². The van der Waals surface area contributed by atoms with Crippen LogP contribution in [0.3, 0.4) is 0 Å². The first-order valence-corrected chi connectivity index (χ1v) is 3.86. The third-order valence-electron chi connectivity index (χ3n) is 1.61. The maximum absolute atomic E-state index is 5.55. The molecule has 0 saturated carbocycles. The number of hydrogen-bond donors (Lipinski definition) is 1. The Labute approximate surface area is 64.5 Å². The van der Waals surface area contributed by atoms with Gasteiger partial charge in [0.15, 0.2) is 0 Å². The summed E-state index contributed by atoms with van der Waals surface area (Å²) in [6, 6.07) is 0. The zero-order chi connectivity index (χ0) is 7.28. The van der Waals surface area contributed by atoms with E-state index in [1.54, 1.807) is 0 Å². The number of ether oxygens (including phenoxy) is 1. The zero-order valence-corrected chi connectivity index (χ0v) is 7.68. The van der Waals surface area contributed by atoms with Gasteiger partial charge >= 0.3 is 0 Å². The second kappa shape index (κ2) is 7.03. The van der Waals surface area contributed by atoms with Crippen LogP contribution in [-0.2, 0) is 4.74 Å². The minimum atomic E-state index is 0. The molecule has 0 rings (SSSR count). The fraction of sp³-hybridized carbons (Fsp3) is 1.00. The highest BCUT2D eigenvalue weighted by Gasteiger charge is 2.02. The lowest BCUT2D eigenvalue weighted by Crippen LogP contribution is -2.14. The van der Waals surface area contributed by atoms with E-state index in [0.29, 0.717) is 12.2 Å². The van der Waals surface area contributed by atoms with Crippen LogP contribution in [0.15, 0.2) is 0 Å². The van der Waals surface area contributed by atoms with Crippen LogP contribution in [0.1, 0.15) is 40.5 Å². The van der Waals surface area contributed by atoms with Gasteiger partial charge in [-0.2, -0.15) is 0 Å². The van der Waals surface area contributed by atoms with Gasteiger partial charge in [0.2, 0.25) is 0 Å². The van der Waals surface area contributed by atoms with Gasteiger partial charge in [0.25, 0.3) is 0 Å². The van der Waals surface area contributed by atoms with Crippen molar-refractivity contribution in [3.05, 3.63) is 0 Å². The lowest BCUT2D eigenvalue weighted by Gasteiger charge is -2.15. The van der Waals surface area contributed by atoms with Crippen LogP contribution < -0.4 is 6.15 Å². The largest absolute Gasteiger partial charge is 0.376 e. The van der Waals surface area contributed by atoms with Gasteiger partial charge in [-0.05, 0) is 26.7 Å². The molecule has 0 aromatic rings. The van der Waals surface area contributed by atoms with E-state index >= 15 is 0 Å². The summed E-state index contributed by atoms with van der Waals surface area (Å²) < 4.78 is 5.55. The Morgan fingerprint density at radius 3 is 1.50 bits per heavy atom. The molecule has 0 aromatic heterocycles. The summed E-state index contributed by atoms with van der Waals surface area (Å²) in [6.07, 6.45) is 3.09. The Balaban J connectivity index is 0. The van der Waals surface area contributed by atoms with E-state index in [1.807, 2.05) is 0 Å². The van der Waals surface area contributed by atoms with Crippen molar-refractivity contribution < 1.29 is 4.74 Å². The van der Waals surface area contributed by atoms with Crippen LogP contribution in [0.5, 0.6) is 0 Å². The Bertz CT molecular complexity index is 58.3. The normalized spacial score (nSPS) is 15.6. The average molecular weight is 147 g/mol. The van der Waals surface area contributed by atoms with E-state index in [1.165, 1.54) is 0 Å². The number of rotatable bonds is 4. The van der Waals surface area contributed by atoms with Crippen molar-refractivity contribution in [2.45, 2.75) is 52.7 Å². The van der Waals surface area contributed by atoms with E-state index in [9.17, 15) is 0 Å². The summed E-state index contributed by atoms with van der Waals surface area (Å²) in [7, 11) is 0. The summed E-state index contributed by atoms with van der Waals surface area (Å²) >= 11 is 0. The van der Waals surface area contributed by atoms with Gasteiger partial charge in [-0.3, -0.25) is 0 Å². The summed E-state index contributed by atoms with van der Waals surface area (Å²) in [4.78, 5) is 0. The van der Waals surface area contributed by atoms with E-state index in [-0.39, 0.29) is 6.15 Å². The minimum absolute atomic E-state index is 0. The highest BCUT2D eigenvalue weighted by atomic mass is 16.5. The van der Waals surface area contributed by atoms with E-state index in [2.05, 4.69) is 27.7 Å². The molecule has 2 unspecified atom stereocenters. The SMILES string of the molecule is CCC(C)OC(C)CC.N. The minimum Gasteiger partial charge on any atom is -0.376 e. The fourth-order valence-corrected chi connectivity index (χ4v) is 0.589. The second-order valence-electron chi connectivity index (χ2n) is 2.57. The Morgan fingerprint density at radius 2 is 1.30 bits per heavy atom. The quantitative estimate of drug-likeness (QED) is 0.664. The molecule has 0 amide bonds. The lowest BCUT2D eigenvalue weighted by atomic mass is 10.3. The molecule has 3 N–H and O–H groups in total. The topological polar surface area (TPSA) is 44.2 Å². The van der Waals surface area contributed by atoms with Crippen LogP contribution in [0.2, 0.25) is 0 Å². The zero-order valence-electron chi connectivity index (χ0n) is 7.68. The molecule has 0 spiro atoms. The highest BCUT2D eigenvalue weighted by molar-refractivity contribution is 4.50. The van der Waals surface area contributed by atoms with Crippen LogP contribution in [0.25, 0.3) is 0 Å². The van der Waals surface area contributed by atoms with Crippen LogP contribution >= 0.6 is 0 Å². The smallest absolute Gasteiger partial charge is 0.0548 e. The van der Waals surface area contributed by atoms with E-state index < -0.39 is 0 Å². The molecular weight excluding hydrogens is 126 g/mol. The van der Waals surface area contributed by atoms with Crippen molar-refractivity contribution >= 4 is 0 Å². The van der Waals surface area contributed by atoms with Crippen LogP contribution in [-0.4, -0.2) is 12.2 Å². The van der Waals surface area contributed by atoms with Gasteiger partial charge in [-0.25, -0.2) is 0 Å². The molecule has 0 aliphatic heterocycles. The first kappa shape index (κ1) is 12.6. The molecule has 0 heterocycles. The standard InChI is InChI=1S/C8H18O.H3N/c1-5-7(3)9-8(4)6-2;/h7-8H,5-6H2,1-4H3;1H3. The molecular formula is C8H21NO. The molecule has 10 heavy (non-hydrogen) atoms. The molecule has 2 nitrogen and oxygen atoms in total. The lowest BCUT2D eigenvalue weighted by molar-refractivity contribution is 0.00511. The predicted molar refractivity (Wildman–Crippen MR) is 45.6 cm³/mol. The van der Waals surface area contributed by atoms with E-state index in [0.717, 1.165) is 12.8 Å². The van der Waals surface area contributed by atoms with Gasteiger partial charge in [0.1, 0.15) is 0 Å². The third kappa shape index (κ3) is 6.05. The molecule has 0 radical (unpaired) electrons. The van der Waals surface area contributed by atoms with Crippen molar-refractivity contribution in [2.24, 2.45) is 0 Å². The summed E-state index contributed by atoms with van der Waals surface area (Å²) in [5.74, 6) is 0. The third-order valence-corrected chi connectivity index (χ3v) is 1.61. The fourth-order valence-electron chi connectivity index (χ4n) is 0.589. The maximum Gasteiger partial charge on any atom is 0.0548 e. The Kier molecular flexibility index (Phi) is 8.85. The monoisotopic (exact) mass is 147 g/mol. The van der Waals surface area contributed by atoms with Crippen LogP contribution in [0.4, 0.5) is 0 Å².